The molecule has 1 amide bonds. The predicted octanol–water partition coefficient (Wildman–Crippen LogP) is 0.743. The summed E-state index contributed by atoms with van der Waals surface area (Å²) < 4.78 is 7.22. The van der Waals surface area contributed by atoms with Gasteiger partial charge in [0.05, 0.1) is 30.8 Å². The third-order valence-corrected chi connectivity index (χ3v) is 3.55. The van der Waals surface area contributed by atoms with Crippen LogP contribution in [0, 0.1) is 5.92 Å². The number of rotatable bonds is 4. The van der Waals surface area contributed by atoms with Gasteiger partial charge in [0, 0.05) is 25.5 Å². The number of aromatic nitrogens is 2. The summed E-state index contributed by atoms with van der Waals surface area (Å²) in [7, 11) is 1.88. The molecule has 1 aliphatic heterocycles. The van der Waals surface area contributed by atoms with Crippen molar-refractivity contribution in [3.8, 4) is 0 Å². The Bertz CT molecular complexity index is 517. The predicted molar refractivity (Wildman–Crippen MR) is 69.6 cm³/mol. The summed E-state index contributed by atoms with van der Waals surface area (Å²) >= 11 is 0. The van der Waals surface area contributed by atoms with Crippen molar-refractivity contribution in [2.45, 2.75) is 32.3 Å². The van der Waals surface area contributed by atoms with Crippen LogP contribution in [0.5, 0.6) is 0 Å². The van der Waals surface area contributed by atoms with Gasteiger partial charge in [0.15, 0.2) is 0 Å². The summed E-state index contributed by atoms with van der Waals surface area (Å²) in [5.74, 6) is 0.569. The third kappa shape index (κ3) is 2.84. The van der Waals surface area contributed by atoms with Crippen molar-refractivity contribution in [2.24, 2.45) is 18.1 Å². The first-order valence-electron chi connectivity index (χ1n) is 6.68. The van der Waals surface area contributed by atoms with Gasteiger partial charge in [-0.3, -0.25) is 9.48 Å². The number of amides is 1. The van der Waals surface area contributed by atoms with E-state index in [4.69, 9.17) is 4.74 Å². The Hall–Kier alpha value is -1.69. The van der Waals surface area contributed by atoms with Gasteiger partial charge in [0.1, 0.15) is 0 Å². The SMILES string of the molecule is Cn1nc2c(c1/C=N/NC(=O)CC1CC1)COCC2. The molecule has 1 N–H and O–H groups in total. The minimum Gasteiger partial charge on any atom is -0.376 e. The average Bonchev–Trinajstić information content (AvgIpc) is 3.14. The number of carbonyl (C=O) groups is 1. The average molecular weight is 262 g/mol. The Labute approximate surface area is 111 Å². The zero-order chi connectivity index (χ0) is 13.2. The summed E-state index contributed by atoms with van der Waals surface area (Å²) in [6.45, 7) is 1.29. The molecule has 3 rings (SSSR count). The second kappa shape index (κ2) is 5.13. The van der Waals surface area contributed by atoms with Gasteiger partial charge in [0.25, 0.3) is 0 Å². The van der Waals surface area contributed by atoms with Gasteiger partial charge in [-0.15, -0.1) is 0 Å². The Kier molecular flexibility index (Phi) is 3.33. The quantitative estimate of drug-likeness (QED) is 0.643. The van der Waals surface area contributed by atoms with E-state index in [0.717, 1.165) is 30.0 Å². The molecule has 1 fully saturated rings. The van der Waals surface area contributed by atoms with E-state index in [0.29, 0.717) is 18.9 Å². The van der Waals surface area contributed by atoms with Gasteiger partial charge in [-0.25, -0.2) is 5.43 Å². The van der Waals surface area contributed by atoms with E-state index in [-0.39, 0.29) is 5.91 Å². The molecule has 0 bridgehead atoms. The highest BCUT2D eigenvalue weighted by atomic mass is 16.5. The van der Waals surface area contributed by atoms with Gasteiger partial charge < -0.3 is 4.74 Å². The number of aryl methyl sites for hydroxylation is 1. The van der Waals surface area contributed by atoms with E-state index >= 15 is 0 Å². The molecule has 19 heavy (non-hydrogen) atoms. The Morgan fingerprint density at radius 2 is 2.47 bits per heavy atom. The zero-order valence-electron chi connectivity index (χ0n) is 11.1. The lowest BCUT2D eigenvalue weighted by Gasteiger charge is -2.10. The Morgan fingerprint density at radius 1 is 1.63 bits per heavy atom. The van der Waals surface area contributed by atoms with Crippen LogP contribution < -0.4 is 5.43 Å². The molecule has 0 aromatic carbocycles. The zero-order valence-corrected chi connectivity index (χ0v) is 11.1. The maximum absolute atomic E-state index is 11.5. The summed E-state index contributed by atoms with van der Waals surface area (Å²) in [6.07, 6.45) is 5.42. The number of nitrogens with zero attached hydrogens (tertiary/aromatic N) is 3. The number of hydrazone groups is 1. The number of hydrogen-bond acceptors (Lipinski definition) is 4. The van der Waals surface area contributed by atoms with Crippen molar-refractivity contribution in [3.05, 3.63) is 17.0 Å². The van der Waals surface area contributed by atoms with Gasteiger partial charge in [0.2, 0.25) is 5.91 Å². The number of carbonyl (C=O) groups excluding carboxylic acids is 1. The first-order chi connectivity index (χ1) is 9.24. The second-order valence-corrected chi connectivity index (χ2v) is 5.18. The highest BCUT2D eigenvalue weighted by molar-refractivity contribution is 5.82. The van der Waals surface area contributed by atoms with E-state index in [9.17, 15) is 4.79 Å². The molecule has 6 heteroatoms. The molecule has 0 spiro atoms. The van der Waals surface area contributed by atoms with Crippen LogP contribution in [0.1, 0.15) is 36.2 Å². The maximum atomic E-state index is 11.5. The van der Waals surface area contributed by atoms with Crippen LogP contribution in [0.2, 0.25) is 0 Å². The van der Waals surface area contributed by atoms with Gasteiger partial charge in [-0.1, -0.05) is 0 Å². The highest BCUT2D eigenvalue weighted by Crippen LogP contribution is 2.32. The summed E-state index contributed by atoms with van der Waals surface area (Å²) in [6, 6.07) is 0. The number of ether oxygens (including phenoxy) is 1. The smallest absolute Gasteiger partial charge is 0.240 e. The largest absolute Gasteiger partial charge is 0.376 e. The monoisotopic (exact) mass is 262 g/mol. The fourth-order valence-electron chi connectivity index (χ4n) is 2.30. The molecular formula is C13H18N4O2. The third-order valence-electron chi connectivity index (χ3n) is 3.55. The van der Waals surface area contributed by atoms with Crippen molar-refractivity contribution >= 4 is 12.1 Å². The molecule has 0 radical (unpaired) electrons. The van der Waals surface area contributed by atoms with E-state index in [1.54, 1.807) is 10.9 Å². The van der Waals surface area contributed by atoms with Gasteiger partial charge in [-0.05, 0) is 18.8 Å². The van der Waals surface area contributed by atoms with Crippen LogP contribution in [-0.2, 0) is 29.6 Å². The van der Waals surface area contributed by atoms with E-state index < -0.39 is 0 Å². The van der Waals surface area contributed by atoms with E-state index in [1.807, 2.05) is 7.05 Å². The fraction of sp³-hybridized carbons (Fsp3) is 0.615. The lowest BCUT2D eigenvalue weighted by atomic mass is 10.1. The van der Waals surface area contributed by atoms with Crippen LogP contribution in [0.15, 0.2) is 5.10 Å². The van der Waals surface area contributed by atoms with Crippen LogP contribution in [0.4, 0.5) is 0 Å². The lowest BCUT2D eigenvalue weighted by Crippen LogP contribution is -2.18. The second-order valence-electron chi connectivity index (χ2n) is 5.18. The molecule has 0 unspecified atom stereocenters. The minimum atomic E-state index is -0.00830. The summed E-state index contributed by atoms with van der Waals surface area (Å²) in [5, 5.41) is 8.46. The number of fused-ring (bicyclic) bond motifs is 1. The molecule has 1 aromatic heterocycles. The molecule has 1 aliphatic carbocycles. The summed E-state index contributed by atoms with van der Waals surface area (Å²) in [4.78, 5) is 11.5. The molecular weight excluding hydrogens is 244 g/mol. The van der Waals surface area contributed by atoms with Gasteiger partial charge >= 0.3 is 0 Å². The normalized spacial score (nSPS) is 18.6. The molecule has 6 nitrogen and oxygen atoms in total. The topological polar surface area (TPSA) is 68.5 Å². The van der Waals surface area contributed by atoms with Crippen LogP contribution in [0.3, 0.4) is 0 Å². The van der Waals surface area contributed by atoms with Crippen molar-refractivity contribution in [1.29, 1.82) is 0 Å². The van der Waals surface area contributed by atoms with Gasteiger partial charge in [-0.2, -0.15) is 10.2 Å². The molecule has 2 heterocycles. The van der Waals surface area contributed by atoms with Crippen molar-refractivity contribution in [3.63, 3.8) is 0 Å². The van der Waals surface area contributed by atoms with E-state index in [1.165, 1.54) is 12.8 Å². The minimum absolute atomic E-state index is 0.00830. The van der Waals surface area contributed by atoms with Crippen LogP contribution >= 0.6 is 0 Å². The Morgan fingerprint density at radius 3 is 3.26 bits per heavy atom. The number of nitrogens with one attached hydrogen (secondary N) is 1. The first kappa shape index (κ1) is 12.3. The summed E-state index contributed by atoms with van der Waals surface area (Å²) in [5.41, 5.74) is 5.63. The molecule has 0 atom stereocenters. The highest BCUT2D eigenvalue weighted by Gasteiger charge is 2.24. The molecule has 0 saturated heterocycles. The molecule has 2 aliphatic rings. The van der Waals surface area contributed by atoms with Crippen molar-refractivity contribution in [1.82, 2.24) is 15.2 Å². The lowest BCUT2D eigenvalue weighted by molar-refractivity contribution is -0.121. The maximum Gasteiger partial charge on any atom is 0.240 e. The van der Waals surface area contributed by atoms with Crippen LogP contribution in [0.25, 0.3) is 0 Å². The standard InChI is InChI=1S/C13H18N4O2/c1-17-12(10-8-19-5-4-11(10)16-17)7-14-15-13(18)6-9-2-3-9/h7,9H,2-6,8H2,1H3,(H,15,18)/b14-7+. The molecule has 1 aromatic rings. The van der Waals surface area contributed by atoms with Crippen LogP contribution in [-0.4, -0.2) is 28.5 Å². The molecule has 102 valence electrons. The van der Waals surface area contributed by atoms with Crippen molar-refractivity contribution < 1.29 is 9.53 Å². The first-order valence-corrected chi connectivity index (χ1v) is 6.68. The molecule has 1 saturated carbocycles. The Balaban J connectivity index is 1.65. The fourth-order valence-corrected chi connectivity index (χ4v) is 2.30. The number of hydrogen-bond donors (Lipinski definition) is 1. The van der Waals surface area contributed by atoms with E-state index in [2.05, 4.69) is 15.6 Å². The van der Waals surface area contributed by atoms with Crippen molar-refractivity contribution in [2.75, 3.05) is 6.61 Å².